The summed E-state index contributed by atoms with van der Waals surface area (Å²) < 4.78 is 0. The number of nitrogen functional groups attached to an aromatic ring is 1. The number of rotatable bonds is 1. The van der Waals surface area contributed by atoms with Gasteiger partial charge >= 0.3 is 0 Å². The van der Waals surface area contributed by atoms with Gasteiger partial charge in [-0.15, -0.1) is 0 Å². The molecule has 1 aromatic rings. The Morgan fingerprint density at radius 1 is 1.67 bits per heavy atom. The van der Waals surface area contributed by atoms with E-state index in [9.17, 15) is 0 Å². The third kappa shape index (κ3) is 2.49. The predicted molar refractivity (Wildman–Crippen MR) is 67.8 cm³/mol. The zero-order chi connectivity index (χ0) is 10.8. The standard InChI is InChI=1S/C10H14ClN3S/c1-7-6-14(2-3-15-7)10-9(12)4-8(11)5-13-10/h4-5,7H,2-3,6,12H2,1H3. The van der Waals surface area contributed by atoms with Gasteiger partial charge in [-0.25, -0.2) is 4.98 Å². The van der Waals surface area contributed by atoms with E-state index in [1.807, 2.05) is 11.8 Å². The highest BCUT2D eigenvalue weighted by Crippen LogP contribution is 2.27. The zero-order valence-corrected chi connectivity index (χ0v) is 10.2. The van der Waals surface area contributed by atoms with Crippen molar-refractivity contribution < 1.29 is 0 Å². The quantitative estimate of drug-likeness (QED) is 0.822. The van der Waals surface area contributed by atoms with E-state index >= 15 is 0 Å². The molecule has 0 saturated carbocycles. The van der Waals surface area contributed by atoms with E-state index in [-0.39, 0.29) is 0 Å². The fourth-order valence-corrected chi connectivity index (χ4v) is 2.90. The van der Waals surface area contributed by atoms with Gasteiger partial charge in [-0.05, 0) is 6.07 Å². The Bertz CT molecular complexity index is 359. The zero-order valence-electron chi connectivity index (χ0n) is 8.61. The molecule has 0 radical (unpaired) electrons. The molecule has 1 aliphatic heterocycles. The van der Waals surface area contributed by atoms with Crippen molar-refractivity contribution in [1.82, 2.24) is 4.98 Å². The minimum atomic E-state index is 0.593. The Kier molecular flexibility index (Phi) is 3.26. The number of nitrogens with zero attached hydrogens (tertiary/aromatic N) is 2. The molecule has 0 aromatic carbocycles. The summed E-state index contributed by atoms with van der Waals surface area (Å²) in [7, 11) is 0. The van der Waals surface area contributed by atoms with Crippen molar-refractivity contribution >= 4 is 34.9 Å². The van der Waals surface area contributed by atoms with Gasteiger partial charge in [0.15, 0.2) is 5.82 Å². The molecule has 2 N–H and O–H groups in total. The number of hydrogen-bond donors (Lipinski definition) is 1. The van der Waals surface area contributed by atoms with Gasteiger partial charge in [0.05, 0.1) is 10.7 Å². The summed E-state index contributed by atoms with van der Waals surface area (Å²) in [6.07, 6.45) is 1.65. The highest BCUT2D eigenvalue weighted by atomic mass is 35.5. The summed E-state index contributed by atoms with van der Waals surface area (Å²) in [4.78, 5) is 6.52. The average molecular weight is 244 g/mol. The predicted octanol–water partition coefficient (Wildman–Crippen LogP) is 2.26. The lowest BCUT2D eigenvalue weighted by Crippen LogP contribution is -2.37. The smallest absolute Gasteiger partial charge is 0.151 e. The topological polar surface area (TPSA) is 42.2 Å². The van der Waals surface area contributed by atoms with Crippen LogP contribution in [0.25, 0.3) is 0 Å². The number of halogens is 1. The molecule has 82 valence electrons. The Morgan fingerprint density at radius 3 is 3.13 bits per heavy atom. The number of thioether (sulfide) groups is 1. The normalized spacial score (nSPS) is 21.7. The highest BCUT2D eigenvalue weighted by Gasteiger charge is 2.19. The molecular formula is C10H14ClN3S. The van der Waals surface area contributed by atoms with Crippen molar-refractivity contribution in [3.8, 4) is 0 Å². The molecule has 0 amide bonds. The van der Waals surface area contributed by atoms with Crippen LogP contribution in [-0.2, 0) is 0 Å². The first-order valence-corrected chi connectivity index (χ1v) is 6.37. The van der Waals surface area contributed by atoms with Crippen molar-refractivity contribution in [3.63, 3.8) is 0 Å². The van der Waals surface area contributed by atoms with Crippen molar-refractivity contribution in [1.29, 1.82) is 0 Å². The lowest BCUT2D eigenvalue weighted by atomic mass is 10.3. The number of pyridine rings is 1. The average Bonchev–Trinajstić information content (AvgIpc) is 2.17. The first kappa shape index (κ1) is 10.9. The molecule has 1 fully saturated rings. The van der Waals surface area contributed by atoms with Crippen LogP contribution in [0.15, 0.2) is 12.3 Å². The van der Waals surface area contributed by atoms with Crippen LogP contribution in [0.2, 0.25) is 5.02 Å². The van der Waals surface area contributed by atoms with E-state index in [1.165, 1.54) is 0 Å². The molecular weight excluding hydrogens is 230 g/mol. The van der Waals surface area contributed by atoms with E-state index in [1.54, 1.807) is 12.3 Å². The fraction of sp³-hybridized carbons (Fsp3) is 0.500. The number of aromatic nitrogens is 1. The second-order valence-corrected chi connectivity index (χ2v) is 5.68. The first-order valence-electron chi connectivity index (χ1n) is 4.94. The lowest BCUT2D eigenvalue weighted by molar-refractivity contribution is 0.772. The Balaban J connectivity index is 2.21. The van der Waals surface area contributed by atoms with Gasteiger partial charge in [-0.3, -0.25) is 0 Å². The molecule has 0 bridgehead atoms. The first-order chi connectivity index (χ1) is 7.16. The van der Waals surface area contributed by atoms with Crippen molar-refractivity contribution in [2.45, 2.75) is 12.2 Å². The van der Waals surface area contributed by atoms with E-state index in [0.29, 0.717) is 16.0 Å². The van der Waals surface area contributed by atoms with E-state index in [0.717, 1.165) is 24.7 Å². The van der Waals surface area contributed by atoms with Crippen LogP contribution in [0.3, 0.4) is 0 Å². The second kappa shape index (κ2) is 4.49. The molecule has 15 heavy (non-hydrogen) atoms. The van der Waals surface area contributed by atoms with Crippen molar-refractivity contribution in [2.24, 2.45) is 0 Å². The molecule has 1 aromatic heterocycles. The summed E-state index contributed by atoms with van der Waals surface area (Å²) in [5.41, 5.74) is 6.57. The van der Waals surface area contributed by atoms with E-state index in [2.05, 4.69) is 16.8 Å². The maximum Gasteiger partial charge on any atom is 0.151 e. The minimum absolute atomic E-state index is 0.593. The van der Waals surface area contributed by atoms with Crippen LogP contribution in [0.4, 0.5) is 11.5 Å². The fourth-order valence-electron chi connectivity index (χ4n) is 1.72. The van der Waals surface area contributed by atoms with Crippen molar-refractivity contribution in [2.75, 3.05) is 29.5 Å². The van der Waals surface area contributed by atoms with Gasteiger partial charge in [0.25, 0.3) is 0 Å². The van der Waals surface area contributed by atoms with Gasteiger partial charge in [0.1, 0.15) is 0 Å². The van der Waals surface area contributed by atoms with E-state index in [4.69, 9.17) is 17.3 Å². The molecule has 5 heteroatoms. The molecule has 1 saturated heterocycles. The third-order valence-corrected chi connectivity index (χ3v) is 3.75. The van der Waals surface area contributed by atoms with Gasteiger partial charge in [0, 0.05) is 30.3 Å². The second-order valence-electron chi connectivity index (χ2n) is 3.69. The summed E-state index contributed by atoms with van der Waals surface area (Å²) in [5, 5.41) is 1.23. The summed E-state index contributed by atoms with van der Waals surface area (Å²) in [5.74, 6) is 2.00. The molecule has 1 aliphatic rings. The molecule has 2 rings (SSSR count). The monoisotopic (exact) mass is 243 g/mol. The van der Waals surface area contributed by atoms with Crippen molar-refractivity contribution in [3.05, 3.63) is 17.3 Å². The highest BCUT2D eigenvalue weighted by molar-refractivity contribution is 8.00. The lowest BCUT2D eigenvalue weighted by Gasteiger charge is -2.32. The third-order valence-electron chi connectivity index (χ3n) is 2.40. The Labute approximate surface area is 99.0 Å². The maximum atomic E-state index is 5.90. The van der Waals surface area contributed by atoms with Gasteiger partial charge in [0.2, 0.25) is 0 Å². The number of anilines is 2. The maximum absolute atomic E-state index is 5.90. The molecule has 0 aliphatic carbocycles. The van der Waals surface area contributed by atoms with Gasteiger partial charge in [-0.2, -0.15) is 11.8 Å². The molecule has 2 heterocycles. The van der Waals surface area contributed by atoms with E-state index < -0.39 is 0 Å². The van der Waals surface area contributed by atoms with Crippen LogP contribution in [-0.4, -0.2) is 29.1 Å². The summed E-state index contributed by atoms with van der Waals surface area (Å²) in [6.45, 7) is 4.24. The number of hydrogen-bond acceptors (Lipinski definition) is 4. The summed E-state index contributed by atoms with van der Waals surface area (Å²) in [6, 6.07) is 1.76. The summed E-state index contributed by atoms with van der Waals surface area (Å²) >= 11 is 7.81. The molecule has 1 unspecified atom stereocenters. The Hall–Kier alpha value is -0.610. The Morgan fingerprint density at radius 2 is 2.47 bits per heavy atom. The SMILES string of the molecule is CC1CN(c2ncc(Cl)cc2N)CCS1. The van der Waals surface area contributed by atoms with Gasteiger partial charge in [-0.1, -0.05) is 18.5 Å². The molecule has 3 nitrogen and oxygen atoms in total. The van der Waals surface area contributed by atoms with Gasteiger partial charge < -0.3 is 10.6 Å². The van der Waals surface area contributed by atoms with Crippen LogP contribution in [0.1, 0.15) is 6.92 Å². The van der Waals surface area contributed by atoms with Crippen LogP contribution >= 0.6 is 23.4 Å². The molecule has 0 spiro atoms. The van der Waals surface area contributed by atoms with Crippen LogP contribution in [0, 0.1) is 0 Å². The molecule has 1 atom stereocenters. The van der Waals surface area contributed by atoms with Crippen LogP contribution < -0.4 is 10.6 Å². The number of nitrogens with two attached hydrogens (primary N) is 1. The minimum Gasteiger partial charge on any atom is -0.396 e. The van der Waals surface area contributed by atoms with Crippen LogP contribution in [0.5, 0.6) is 0 Å². The largest absolute Gasteiger partial charge is 0.396 e.